The third kappa shape index (κ3) is 5.48. The predicted molar refractivity (Wildman–Crippen MR) is 137 cm³/mol. The van der Waals surface area contributed by atoms with Gasteiger partial charge in [-0.05, 0) is 69.9 Å². The number of piperidine rings is 1. The second-order valence-electron chi connectivity index (χ2n) is 10.5. The van der Waals surface area contributed by atoms with E-state index in [9.17, 15) is 18.4 Å². The van der Waals surface area contributed by atoms with Gasteiger partial charge in [-0.15, -0.1) is 0 Å². The zero-order valence-corrected chi connectivity index (χ0v) is 22.0. The van der Waals surface area contributed by atoms with Gasteiger partial charge in [0.05, 0.1) is 16.6 Å². The number of ether oxygens (including phenoxy) is 1. The number of anilines is 1. The lowest BCUT2D eigenvalue weighted by Gasteiger charge is -2.40. The third-order valence-electron chi connectivity index (χ3n) is 7.28. The summed E-state index contributed by atoms with van der Waals surface area (Å²) in [6.45, 7) is 3.39. The van der Waals surface area contributed by atoms with E-state index in [0.29, 0.717) is 15.8 Å². The second-order valence-corrected chi connectivity index (χ2v) is 11.4. The number of pyridine rings is 1. The standard InChI is InChI=1S/C26H28Cl2F2N4O3/c1-25(2,37-20-7-4-15(27)9-19(20)28)24(36)32-16-10-17-5-6-18(11-16)34(17)22-8-3-14(13-31-22)23(35)33-21-12-26(21,29)30/h3-4,7-9,13,16-18,21H,5-6,10-12H2,1-2H3,(H,32,36)(H,33,35). The molecular weight excluding hydrogens is 525 g/mol. The minimum atomic E-state index is -2.81. The molecule has 0 radical (unpaired) electrons. The summed E-state index contributed by atoms with van der Waals surface area (Å²) in [5, 5.41) is 6.30. The van der Waals surface area contributed by atoms with Crippen molar-refractivity contribution in [2.45, 2.75) is 81.6 Å². The molecule has 2 saturated heterocycles. The van der Waals surface area contributed by atoms with Crippen LogP contribution in [0.3, 0.4) is 0 Å². The fourth-order valence-corrected chi connectivity index (χ4v) is 5.64. The molecule has 2 aliphatic heterocycles. The normalized spacial score (nSPS) is 25.9. The molecule has 1 aromatic carbocycles. The molecule has 2 amide bonds. The second kappa shape index (κ2) is 9.58. The highest BCUT2D eigenvalue weighted by Gasteiger charge is 2.58. The van der Waals surface area contributed by atoms with Crippen LogP contribution in [0.1, 0.15) is 56.3 Å². The number of nitrogens with one attached hydrogen (secondary N) is 2. The van der Waals surface area contributed by atoms with E-state index in [4.69, 9.17) is 27.9 Å². The van der Waals surface area contributed by atoms with Crippen LogP contribution in [-0.2, 0) is 4.79 Å². The minimum absolute atomic E-state index is 0.0184. The Hall–Kier alpha value is -2.65. The monoisotopic (exact) mass is 552 g/mol. The highest BCUT2D eigenvalue weighted by Crippen LogP contribution is 2.42. The van der Waals surface area contributed by atoms with Crippen molar-refractivity contribution in [3.63, 3.8) is 0 Å². The largest absolute Gasteiger partial charge is 0.476 e. The maximum absolute atomic E-state index is 13.1. The lowest BCUT2D eigenvalue weighted by atomic mass is 9.96. The van der Waals surface area contributed by atoms with Gasteiger partial charge < -0.3 is 20.3 Å². The summed E-state index contributed by atoms with van der Waals surface area (Å²) >= 11 is 12.2. The zero-order valence-electron chi connectivity index (χ0n) is 20.4. The molecule has 2 bridgehead atoms. The molecule has 1 aromatic heterocycles. The number of aromatic nitrogens is 1. The summed E-state index contributed by atoms with van der Waals surface area (Å²) in [6, 6.07) is 7.51. The molecule has 3 atom stereocenters. The summed E-state index contributed by atoms with van der Waals surface area (Å²) in [7, 11) is 0. The average Bonchev–Trinajstić information content (AvgIpc) is 3.34. The van der Waals surface area contributed by atoms with E-state index in [0.717, 1.165) is 31.5 Å². The Kier molecular flexibility index (Phi) is 6.73. The van der Waals surface area contributed by atoms with E-state index in [-0.39, 0.29) is 36.0 Å². The number of hydrogen-bond acceptors (Lipinski definition) is 5. The molecule has 2 aromatic rings. The molecule has 5 rings (SSSR count). The van der Waals surface area contributed by atoms with Crippen LogP contribution in [0.4, 0.5) is 14.6 Å². The number of alkyl halides is 2. The van der Waals surface area contributed by atoms with Crippen LogP contribution in [-0.4, -0.2) is 52.5 Å². The fourth-order valence-electron chi connectivity index (χ4n) is 5.19. The first kappa shape index (κ1) is 26.0. The van der Waals surface area contributed by atoms with Crippen LogP contribution in [0, 0.1) is 0 Å². The number of hydrogen-bond donors (Lipinski definition) is 2. The number of carbonyl (C=O) groups is 2. The van der Waals surface area contributed by atoms with E-state index in [1.54, 1.807) is 44.2 Å². The van der Waals surface area contributed by atoms with Crippen molar-refractivity contribution in [1.29, 1.82) is 0 Å². The topological polar surface area (TPSA) is 83.6 Å². The fraction of sp³-hybridized carbons (Fsp3) is 0.500. The van der Waals surface area contributed by atoms with Crippen molar-refractivity contribution in [2.24, 2.45) is 0 Å². The van der Waals surface area contributed by atoms with Crippen molar-refractivity contribution in [3.8, 4) is 5.75 Å². The maximum atomic E-state index is 13.1. The van der Waals surface area contributed by atoms with Crippen LogP contribution < -0.4 is 20.3 Å². The Morgan fingerprint density at radius 3 is 2.35 bits per heavy atom. The van der Waals surface area contributed by atoms with Gasteiger partial charge in [-0.2, -0.15) is 0 Å². The van der Waals surface area contributed by atoms with Crippen molar-refractivity contribution in [2.75, 3.05) is 4.90 Å². The Morgan fingerprint density at radius 2 is 1.78 bits per heavy atom. The molecule has 11 heteroatoms. The first-order valence-corrected chi connectivity index (χ1v) is 13.1. The summed E-state index contributed by atoms with van der Waals surface area (Å²) in [4.78, 5) is 32.0. The maximum Gasteiger partial charge on any atom is 0.270 e. The molecular formula is C26H28Cl2F2N4O3. The van der Waals surface area contributed by atoms with Gasteiger partial charge in [-0.25, -0.2) is 13.8 Å². The number of benzene rings is 1. The van der Waals surface area contributed by atoms with E-state index in [1.165, 1.54) is 6.20 Å². The number of carbonyl (C=O) groups excluding carboxylic acids is 2. The molecule has 3 aliphatic rings. The molecule has 7 nitrogen and oxygen atoms in total. The summed E-state index contributed by atoms with van der Waals surface area (Å²) in [6.07, 6.45) is 4.55. The van der Waals surface area contributed by atoms with Gasteiger partial charge in [-0.1, -0.05) is 23.2 Å². The van der Waals surface area contributed by atoms with Crippen LogP contribution >= 0.6 is 23.2 Å². The first-order chi connectivity index (χ1) is 17.4. The van der Waals surface area contributed by atoms with E-state index < -0.39 is 23.5 Å². The molecule has 2 N–H and O–H groups in total. The van der Waals surface area contributed by atoms with Crippen LogP contribution in [0.15, 0.2) is 36.5 Å². The molecule has 3 unspecified atom stereocenters. The number of halogens is 4. The number of amides is 2. The van der Waals surface area contributed by atoms with Gasteiger partial charge in [0.25, 0.3) is 17.7 Å². The SMILES string of the molecule is CC(C)(Oc1ccc(Cl)cc1Cl)C(=O)NC1CC2CCC(C1)N2c1ccc(C(=O)NC2CC2(F)F)cn1. The number of fused-ring (bicyclic) bond motifs is 2. The highest BCUT2D eigenvalue weighted by molar-refractivity contribution is 6.35. The molecule has 37 heavy (non-hydrogen) atoms. The first-order valence-electron chi connectivity index (χ1n) is 12.3. The molecule has 3 fully saturated rings. The molecule has 1 saturated carbocycles. The molecule has 0 spiro atoms. The van der Waals surface area contributed by atoms with Crippen LogP contribution in [0.5, 0.6) is 5.75 Å². The van der Waals surface area contributed by atoms with Gasteiger partial charge >= 0.3 is 0 Å². The summed E-state index contributed by atoms with van der Waals surface area (Å²) < 4.78 is 32.1. The third-order valence-corrected chi connectivity index (χ3v) is 7.81. The lowest BCUT2D eigenvalue weighted by Crippen LogP contribution is -2.55. The zero-order chi connectivity index (χ0) is 26.5. The van der Waals surface area contributed by atoms with Crippen LogP contribution in [0.2, 0.25) is 10.0 Å². The molecule has 3 heterocycles. The van der Waals surface area contributed by atoms with Gasteiger partial charge in [0.2, 0.25) is 0 Å². The van der Waals surface area contributed by atoms with Crippen molar-refractivity contribution in [1.82, 2.24) is 15.6 Å². The van der Waals surface area contributed by atoms with E-state index in [2.05, 4.69) is 20.5 Å². The average molecular weight is 553 g/mol. The quantitative estimate of drug-likeness (QED) is 0.505. The van der Waals surface area contributed by atoms with Gasteiger partial charge in [0.15, 0.2) is 5.60 Å². The molecule has 1 aliphatic carbocycles. The predicted octanol–water partition coefficient (Wildman–Crippen LogP) is 5.00. The Labute approximate surface area is 223 Å². The van der Waals surface area contributed by atoms with E-state index >= 15 is 0 Å². The van der Waals surface area contributed by atoms with E-state index in [1.807, 2.05) is 0 Å². The minimum Gasteiger partial charge on any atom is -0.476 e. The lowest BCUT2D eigenvalue weighted by molar-refractivity contribution is -0.135. The Bertz CT molecular complexity index is 1200. The van der Waals surface area contributed by atoms with Crippen molar-refractivity contribution in [3.05, 3.63) is 52.1 Å². The molecule has 198 valence electrons. The van der Waals surface area contributed by atoms with Crippen molar-refractivity contribution < 1.29 is 23.1 Å². The Balaban J connectivity index is 1.18. The number of nitrogens with zero attached hydrogens (tertiary/aromatic N) is 2. The van der Waals surface area contributed by atoms with Gasteiger partial charge in [0.1, 0.15) is 11.6 Å². The Morgan fingerprint density at radius 1 is 1.11 bits per heavy atom. The smallest absolute Gasteiger partial charge is 0.270 e. The van der Waals surface area contributed by atoms with Gasteiger partial charge in [0, 0.05) is 35.8 Å². The highest BCUT2D eigenvalue weighted by atomic mass is 35.5. The van der Waals surface area contributed by atoms with Crippen LogP contribution in [0.25, 0.3) is 0 Å². The van der Waals surface area contributed by atoms with Gasteiger partial charge in [-0.3, -0.25) is 9.59 Å². The van der Waals surface area contributed by atoms with Crippen molar-refractivity contribution >= 4 is 40.8 Å². The number of rotatable bonds is 7. The summed E-state index contributed by atoms with van der Waals surface area (Å²) in [5.74, 6) is -2.46. The summed E-state index contributed by atoms with van der Waals surface area (Å²) in [5.41, 5.74) is -0.889.